The molecule has 0 aromatic heterocycles. The molecule has 0 bridgehead atoms. The molecule has 150 valence electrons. The number of anilines is 2. The van der Waals surface area contributed by atoms with E-state index < -0.39 is 38.6 Å². The number of hydrogen-bond acceptors (Lipinski definition) is 5. The third-order valence-electron chi connectivity index (χ3n) is 3.86. The fourth-order valence-corrected chi connectivity index (χ4v) is 3.89. The summed E-state index contributed by atoms with van der Waals surface area (Å²) in [6, 6.07) is 3.83. The van der Waals surface area contributed by atoms with Crippen molar-refractivity contribution < 1.29 is 23.0 Å². The van der Waals surface area contributed by atoms with Crippen molar-refractivity contribution in [2.75, 3.05) is 11.4 Å². The van der Waals surface area contributed by atoms with Gasteiger partial charge in [-0.2, -0.15) is 13.2 Å². The van der Waals surface area contributed by atoms with Crippen LogP contribution in [0.4, 0.5) is 35.9 Å². The monoisotopic (exact) mass is 481 g/mol. The zero-order valence-corrected chi connectivity index (χ0v) is 16.7. The number of benzene rings is 2. The first-order valence-electron chi connectivity index (χ1n) is 7.65. The van der Waals surface area contributed by atoms with E-state index in [1.807, 2.05) is 0 Å². The van der Waals surface area contributed by atoms with Gasteiger partial charge < -0.3 is 4.90 Å². The van der Waals surface area contributed by atoms with Crippen LogP contribution in [0.1, 0.15) is 18.1 Å². The SMILES string of the molecule is CCN(c1c(C)cc(Br)cc1Cl)c1c([N+](=O)[O-])cc([N+](=O)[O-])cc1C(F)(F)F. The minimum atomic E-state index is -5.07. The molecule has 0 N–H and O–H groups in total. The summed E-state index contributed by atoms with van der Waals surface area (Å²) in [7, 11) is 0. The van der Waals surface area contributed by atoms with E-state index in [4.69, 9.17) is 11.6 Å². The summed E-state index contributed by atoms with van der Waals surface area (Å²) >= 11 is 9.43. The normalized spacial score (nSPS) is 11.4. The van der Waals surface area contributed by atoms with Crippen LogP contribution in [0, 0.1) is 27.2 Å². The van der Waals surface area contributed by atoms with Gasteiger partial charge in [0, 0.05) is 17.1 Å². The van der Waals surface area contributed by atoms with E-state index in [1.54, 1.807) is 13.0 Å². The molecule has 2 rings (SSSR count). The lowest BCUT2D eigenvalue weighted by atomic mass is 10.1. The van der Waals surface area contributed by atoms with Crippen LogP contribution in [0.3, 0.4) is 0 Å². The summed E-state index contributed by atoms with van der Waals surface area (Å²) in [5, 5.41) is 22.6. The number of alkyl halides is 3. The summed E-state index contributed by atoms with van der Waals surface area (Å²) in [6.45, 7) is 2.96. The highest BCUT2D eigenvalue weighted by molar-refractivity contribution is 9.10. The maximum Gasteiger partial charge on any atom is 0.418 e. The van der Waals surface area contributed by atoms with Crippen LogP contribution in [0.5, 0.6) is 0 Å². The van der Waals surface area contributed by atoms with E-state index in [-0.39, 0.29) is 23.3 Å². The molecule has 0 saturated heterocycles. The molecule has 0 atom stereocenters. The van der Waals surface area contributed by atoms with Gasteiger partial charge in [-0.25, -0.2) is 0 Å². The Morgan fingerprint density at radius 2 is 1.71 bits per heavy atom. The van der Waals surface area contributed by atoms with Gasteiger partial charge in [0.05, 0.1) is 32.2 Å². The molecule has 28 heavy (non-hydrogen) atoms. The fraction of sp³-hybridized carbons (Fsp3) is 0.250. The molecule has 0 saturated carbocycles. The Hall–Kier alpha value is -2.40. The zero-order chi connectivity index (χ0) is 21.4. The van der Waals surface area contributed by atoms with Gasteiger partial charge in [-0.3, -0.25) is 20.2 Å². The quantitative estimate of drug-likeness (QED) is 0.363. The molecular weight excluding hydrogens is 471 g/mol. The lowest BCUT2D eigenvalue weighted by Crippen LogP contribution is -2.23. The topological polar surface area (TPSA) is 89.5 Å². The summed E-state index contributed by atoms with van der Waals surface area (Å²) < 4.78 is 41.7. The first-order chi connectivity index (χ1) is 12.9. The lowest BCUT2D eigenvalue weighted by molar-refractivity contribution is -0.394. The number of nitro benzene ring substituents is 2. The molecule has 2 aromatic carbocycles. The minimum Gasteiger partial charge on any atom is -0.334 e. The number of rotatable bonds is 5. The predicted octanol–water partition coefficient (Wildman–Crippen LogP) is 6.40. The van der Waals surface area contributed by atoms with Crippen molar-refractivity contribution in [2.45, 2.75) is 20.0 Å². The van der Waals surface area contributed by atoms with Crippen LogP contribution in [0.15, 0.2) is 28.7 Å². The number of nitro groups is 2. The average Bonchev–Trinajstić information content (AvgIpc) is 2.55. The summed E-state index contributed by atoms with van der Waals surface area (Å²) in [5.41, 5.74) is -3.78. The second kappa shape index (κ2) is 7.92. The fourth-order valence-electron chi connectivity index (χ4n) is 2.81. The van der Waals surface area contributed by atoms with Crippen LogP contribution in [-0.2, 0) is 6.18 Å². The Kier molecular flexibility index (Phi) is 6.19. The Balaban J connectivity index is 2.96. The van der Waals surface area contributed by atoms with Crippen molar-refractivity contribution in [3.05, 3.63) is 65.1 Å². The standard InChI is InChI=1S/C16H12BrClF3N3O4/c1-3-22(14-8(2)4-9(17)5-12(14)18)15-11(16(19,20)21)6-10(23(25)26)7-13(15)24(27)28/h4-7H,3H2,1-2H3. The maximum absolute atomic E-state index is 13.7. The lowest BCUT2D eigenvalue weighted by Gasteiger charge is -2.28. The van der Waals surface area contributed by atoms with Gasteiger partial charge in [-0.05, 0) is 31.5 Å². The van der Waals surface area contributed by atoms with Gasteiger partial charge in [0.2, 0.25) is 0 Å². The highest BCUT2D eigenvalue weighted by Gasteiger charge is 2.42. The first kappa shape index (κ1) is 21.9. The molecule has 0 amide bonds. The van der Waals surface area contributed by atoms with Gasteiger partial charge in [0.15, 0.2) is 0 Å². The molecule has 0 unspecified atom stereocenters. The third kappa shape index (κ3) is 4.20. The summed E-state index contributed by atoms with van der Waals surface area (Å²) in [5.74, 6) is 0. The van der Waals surface area contributed by atoms with Crippen LogP contribution in [0.25, 0.3) is 0 Å². The van der Waals surface area contributed by atoms with E-state index in [2.05, 4.69) is 15.9 Å². The second-order valence-corrected chi connectivity index (χ2v) is 6.99. The minimum absolute atomic E-state index is 0.0644. The van der Waals surface area contributed by atoms with Crippen molar-refractivity contribution in [2.24, 2.45) is 0 Å². The second-order valence-electron chi connectivity index (χ2n) is 5.67. The highest BCUT2D eigenvalue weighted by atomic mass is 79.9. The van der Waals surface area contributed by atoms with E-state index in [9.17, 15) is 33.4 Å². The predicted molar refractivity (Wildman–Crippen MR) is 101 cm³/mol. The summed E-state index contributed by atoms with van der Waals surface area (Å²) in [6.07, 6.45) is -5.07. The molecule has 2 aromatic rings. The van der Waals surface area contributed by atoms with Crippen LogP contribution < -0.4 is 4.90 Å². The van der Waals surface area contributed by atoms with E-state index in [1.165, 1.54) is 13.0 Å². The van der Waals surface area contributed by atoms with Gasteiger partial charge in [-0.15, -0.1) is 0 Å². The Labute approximate surface area is 170 Å². The summed E-state index contributed by atoms with van der Waals surface area (Å²) in [4.78, 5) is 21.3. The maximum atomic E-state index is 13.7. The van der Waals surface area contributed by atoms with Crippen LogP contribution in [-0.4, -0.2) is 16.4 Å². The van der Waals surface area contributed by atoms with E-state index >= 15 is 0 Å². The number of halogens is 5. The smallest absolute Gasteiger partial charge is 0.334 e. The Morgan fingerprint density at radius 1 is 1.11 bits per heavy atom. The van der Waals surface area contributed by atoms with Gasteiger partial charge in [0.1, 0.15) is 5.69 Å². The third-order valence-corrected chi connectivity index (χ3v) is 4.61. The number of hydrogen-bond donors (Lipinski definition) is 0. The molecule has 0 aliphatic carbocycles. The average molecular weight is 483 g/mol. The Morgan fingerprint density at radius 3 is 2.14 bits per heavy atom. The molecular formula is C16H12BrClF3N3O4. The number of nitrogens with zero attached hydrogens (tertiary/aromatic N) is 3. The molecule has 0 aliphatic rings. The van der Waals surface area contributed by atoms with Crippen molar-refractivity contribution in [3.8, 4) is 0 Å². The molecule has 0 aliphatic heterocycles. The molecule has 12 heteroatoms. The van der Waals surface area contributed by atoms with Gasteiger partial charge in [0.25, 0.3) is 11.4 Å². The molecule has 0 fully saturated rings. The van der Waals surface area contributed by atoms with E-state index in [0.29, 0.717) is 16.1 Å². The van der Waals surface area contributed by atoms with Crippen LogP contribution >= 0.6 is 27.5 Å². The Bertz CT molecular complexity index is 946. The van der Waals surface area contributed by atoms with E-state index in [0.717, 1.165) is 4.90 Å². The largest absolute Gasteiger partial charge is 0.418 e. The number of aryl methyl sites for hydroxylation is 1. The molecule has 7 nitrogen and oxygen atoms in total. The number of non-ortho nitro benzene ring substituents is 1. The molecule has 0 spiro atoms. The van der Waals surface area contributed by atoms with Crippen LogP contribution in [0.2, 0.25) is 5.02 Å². The van der Waals surface area contributed by atoms with Crippen molar-refractivity contribution in [3.63, 3.8) is 0 Å². The van der Waals surface area contributed by atoms with Crippen molar-refractivity contribution >= 4 is 50.3 Å². The highest BCUT2D eigenvalue weighted by Crippen LogP contribution is 2.48. The van der Waals surface area contributed by atoms with Crippen molar-refractivity contribution in [1.82, 2.24) is 0 Å². The molecule has 0 heterocycles. The van der Waals surface area contributed by atoms with Crippen molar-refractivity contribution in [1.29, 1.82) is 0 Å². The molecule has 0 radical (unpaired) electrons. The first-order valence-corrected chi connectivity index (χ1v) is 8.82. The van der Waals surface area contributed by atoms with Gasteiger partial charge >= 0.3 is 6.18 Å². The van der Waals surface area contributed by atoms with Gasteiger partial charge in [-0.1, -0.05) is 27.5 Å². The zero-order valence-electron chi connectivity index (χ0n) is 14.4.